The number of nitrogens with zero attached hydrogens (tertiary/aromatic N) is 1. The maximum Gasteiger partial charge on any atom is 0.336 e. The molecule has 1 heterocycles. The van der Waals surface area contributed by atoms with Gasteiger partial charge in [0, 0.05) is 18.8 Å². The van der Waals surface area contributed by atoms with E-state index in [1.807, 2.05) is 24.8 Å². The van der Waals surface area contributed by atoms with Crippen molar-refractivity contribution in [2.75, 3.05) is 18.0 Å². The number of aromatic carboxylic acids is 1. The minimum absolute atomic E-state index is 0.00886. The monoisotopic (exact) mass is 290 g/mol. The third-order valence-corrected chi connectivity index (χ3v) is 3.91. The van der Waals surface area contributed by atoms with Crippen LogP contribution in [0.1, 0.15) is 42.6 Å². The molecule has 5 heteroatoms. The maximum atomic E-state index is 12.2. The van der Waals surface area contributed by atoms with Crippen molar-refractivity contribution in [2.45, 2.75) is 39.2 Å². The average molecular weight is 290 g/mol. The number of carboxylic acid groups (broad SMARTS) is 1. The van der Waals surface area contributed by atoms with Crippen molar-refractivity contribution < 1.29 is 14.7 Å². The second-order valence-corrected chi connectivity index (χ2v) is 5.37. The van der Waals surface area contributed by atoms with Crippen molar-refractivity contribution >= 4 is 17.6 Å². The molecule has 114 valence electrons. The van der Waals surface area contributed by atoms with Gasteiger partial charge in [0.1, 0.15) is 6.04 Å². The number of hydrogen-bond acceptors (Lipinski definition) is 3. The van der Waals surface area contributed by atoms with Crippen LogP contribution in [-0.4, -0.2) is 36.1 Å². The molecule has 1 aliphatic rings. The summed E-state index contributed by atoms with van der Waals surface area (Å²) in [6.45, 7) is 5.32. The van der Waals surface area contributed by atoms with Crippen LogP contribution in [-0.2, 0) is 11.2 Å². The average Bonchev–Trinajstić information content (AvgIpc) is 2.50. The predicted molar refractivity (Wildman–Crippen MR) is 81.8 cm³/mol. The van der Waals surface area contributed by atoms with Crippen molar-refractivity contribution in [3.8, 4) is 0 Å². The van der Waals surface area contributed by atoms with Gasteiger partial charge in [0.15, 0.2) is 0 Å². The lowest BCUT2D eigenvalue weighted by atomic mass is 9.95. The van der Waals surface area contributed by atoms with Gasteiger partial charge < -0.3 is 15.3 Å². The molecule has 1 unspecified atom stereocenters. The zero-order valence-corrected chi connectivity index (χ0v) is 12.6. The standard InChI is InChI=1S/C16H22N2O3/c1-3-9-17-15(19)11(2)18-10-5-7-12-13(16(20)21)6-4-8-14(12)18/h4,6,8,11H,3,5,7,9-10H2,1-2H3,(H,17,19)(H,20,21). The van der Waals surface area contributed by atoms with E-state index in [-0.39, 0.29) is 11.9 Å². The highest BCUT2D eigenvalue weighted by molar-refractivity contribution is 5.92. The van der Waals surface area contributed by atoms with E-state index >= 15 is 0 Å². The highest BCUT2D eigenvalue weighted by Gasteiger charge is 2.28. The summed E-state index contributed by atoms with van der Waals surface area (Å²) in [5.41, 5.74) is 2.06. The number of carboxylic acids is 1. The normalized spacial score (nSPS) is 15.2. The number of rotatable bonds is 5. The van der Waals surface area contributed by atoms with Crippen molar-refractivity contribution in [3.63, 3.8) is 0 Å². The van der Waals surface area contributed by atoms with Crippen molar-refractivity contribution in [3.05, 3.63) is 29.3 Å². The Balaban J connectivity index is 2.28. The summed E-state index contributed by atoms with van der Waals surface area (Å²) in [5.74, 6) is -0.915. The van der Waals surface area contributed by atoms with Crippen LogP contribution in [0.5, 0.6) is 0 Å². The molecule has 0 saturated carbocycles. The minimum Gasteiger partial charge on any atom is -0.478 e. The summed E-state index contributed by atoms with van der Waals surface area (Å²) in [7, 11) is 0. The molecular weight excluding hydrogens is 268 g/mol. The third-order valence-electron chi connectivity index (χ3n) is 3.91. The molecule has 1 atom stereocenters. The Morgan fingerprint density at radius 1 is 1.43 bits per heavy atom. The van der Waals surface area contributed by atoms with E-state index in [0.29, 0.717) is 12.1 Å². The predicted octanol–water partition coefficient (Wildman–Crippen LogP) is 2.05. The van der Waals surface area contributed by atoms with Gasteiger partial charge in [-0.05, 0) is 43.9 Å². The Hall–Kier alpha value is -2.04. The molecule has 2 rings (SSSR count). The summed E-state index contributed by atoms with van der Waals surface area (Å²) < 4.78 is 0. The van der Waals surface area contributed by atoms with Crippen molar-refractivity contribution in [1.29, 1.82) is 0 Å². The summed E-state index contributed by atoms with van der Waals surface area (Å²) in [6, 6.07) is 4.99. The van der Waals surface area contributed by atoms with Crippen LogP contribution in [0.15, 0.2) is 18.2 Å². The van der Waals surface area contributed by atoms with E-state index in [2.05, 4.69) is 5.32 Å². The lowest BCUT2D eigenvalue weighted by Crippen LogP contribution is -2.47. The lowest BCUT2D eigenvalue weighted by Gasteiger charge is -2.36. The molecule has 2 N–H and O–H groups in total. The zero-order valence-electron chi connectivity index (χ0n) is 12.6. The maximum absolute atomic E-state index is 12.2. The zero-order chi connectivity index (χ0) is 15.4. The van der Waals surface area contributed by atoms with Gasteiger partial charge in [-0.2, -0.15) is 0 Å². The fourth-order valence-electron chi connectivity index (χ4n) is 2.79. The van der Waals surface area contributed by atoms with E-state index in [1.165, 1.54) is 0 Å². The summed E-state index contributed by atoms with van der Waals surface area (Å²) in [5, 5.41) is 12.2. The SMILES string of the molecule is CCCNC(=O)C(C)N1CCCc2c(C(=O)O)cccc21. The van der Waals surface area contributed by atoms with Crippen LogP contribution in [0, 0.1) is 0 Å². The highest BCUT2D eigenvalue weighted by Crippen LogP contribution is 2.31. The molecule has 1 aliphatic heterocycles. The molecule has 0 bridgehead atoms. The van der Waals surface area contributed by atoms with Crippen LogP contribution >= 0.6 is 0 Å². The largest absolute Gasteiger partial charge is 0.478 e. The molecule has 5 nitrogen and oxygen atoms in total. The minimum atomic E-state index is -0.906. The third kappa shape index (κ3) is 3.17. The van der Waals surface area contributed by atoms with Gasteiger partial charge in [-0.1, -0.05) is 13.0 Å². The first-order valence-electron chi connectivity index (χ1n) is 7.45. The number of carbonyl (C=O) groups is 2. The Bertz CT molecular complexity index is 542. The Labute approximate surface area is 125 Å². The van der Waals surface area contributed by atoms with Crippen LogP contribution in [0.25, 0.3) is 0 Å². The van der Waals surface area contributed by atoms with Gasteiger partial charge in [0.2, 0.25) is 5.91 Å². The summed E-state index contributed by atoms with van der Waals surface area (Å²) in [4.78, 5) is 25.5. The molecule has 1 aromatic rings. The van der Waals surface area contributed by atoms with E-state index in [9.17, 15) is 14.7 Å². The van der Waals surface area contributed by atoms with Crippen LogP contribution < -0.4 is 10.2 Å². The fourth-order valence-corrected chi connectivity index (χ4v) is 2.79. The fraction of sp³-hybridized carbons (Fsp3) is 0.500. The van der Waals surface area contributed by atoms with E-state index in [4.69, 9.17) is 0 Å². The first-order valence-corrected chi connectivity index (χ1v) is 7.45. The lowest BCUT2D eigenvalue weighted by molar-refractivity contribution is -0.122. The molecule has 0 aromatic heterocycles. The molecule has 0 spiro atoms. The molecule has 21 heavy (non-hydrogen) atoms. The van der Waals surface area contributed by atoms with E-state index in [1.54, 1.807) is 12.1 Å². The number of nitrogens with one attached hydrogen (secondary N) is 1. The number of carbonyl (C=O) groups excluding carboxylic acids is 1. The van der Waals surface area contributed by atoms with Crippen LogP contribution in [0.4, 0.5) is 5.69 Å². The quantitative estimate of drug-likeness (QED) is 0.871. The highest BCUT2D eigenvalue weighted by atomic mass is 16.4. The van der Waals surface area contributed by atoms with E-state index < -0.39 is 5.97 Å². The molecule has 0 saturated heterocycles. The van der Waals surface area contributed by atoms with Gasteiger partial charge in [-0.25, -0.2) is 4.79 Å². The number of fused-ring (bicyclic) bond motifs is 1. The molecule has 1 amide bonds. The molecule has 0 aliphatic carbocycles. The number of benzene rings is 1. The van der Waals surface area contributed by atoms with Gasteiger partial charge >= 0.3 is 5.97 Å². The smallest absolute Gasteiger partial charge is 0.336 e. The van der Waals surface area contributed by atoms with Crippen LogP contribution in [0.3, 0.4) is 0 Å². The molecule has 0 fully saturated rings. The van der Waals surface area contributed by atoms with Gasteiger partial charge in [-0.15, -0.1) is 0 Å². The number of anilines is 1. The number of amides is 1. The number of hydrogen-bond donors (Lipinski definition) is 2. The topological polar surface area (TPSA) is 69.6 Å². The van der Waals surface area contributed by atoms with Crippen LogP contribution in [0.2, 0.25) is 0 Å². The Kier molecular flexibility index (Phi) is 4.83. The first kappa shape index (κ1) is 15.4. The van der Waals surface area contributed by atoms with Crippen molar-refractivity contribution in [1.82, 2.24) is 5.32 Å². The first-order chi connectivity index (χ1) is 10.1. The van der Waals surface area contributed by atoms with Gasteiger partial charge in [-0.3, -0.25) is 4.79 Å². The molecule has 1 aromatic carbocycles. The second kappa shape index (κ2) is 6.61. The summed E-state index contributed by atoms with van der Waals surface area (Å²) in [6.07, 6.45) is 2.51. The van der Waals surface area contributed by atoms with E-state index in [0.717, 1.165) is 37.1 Å². The summed E-state index contributed by atoms with van der Waals surface area (Å²) >= 11 is 0. The van der Waals surface area contributed by atoms with Gasteiger partial charge in [0.05, 0.1) is 5.56 Å². The Morgan fingerprint density at radius 2 is 2.19 bits per heavy atom. The Morgan fingerprint density at radius 3 is 2.86 bits per heavy atom. The van der Waals surface area contributed by atoms with Gasteiger partial charge in [0.25, 0.3) is 0 Å². The molecule has 0 radical (unpaired) electrons. The second-order valence-electron chi connectivity index (χ2n) is 5.37. The molecular formula is C16H22N2O3. The van der Waals surface area contributed by atoms with Crippen molar-refractivity contribution in [2.24, 2.45) is 0 Å².